The first-order valence-electron chi connectivity index (χ1n) is 11.6. The van der Waals surface area contributed by atoms with Crippen molar-refractivity contribution in [3.8, 4) is 11.1 Å². The number of rotatable bonds is 5. The summed E-state index contributed by atoms with van der Waals surface area (Å²) in [5, 5.41) is 8.32. The normalized spacial score (nSPS) is 15.7. The molecule has 0 radical (unpaired) electrons. The van der Waals surface area contributed by atoms with Crippen LogP contribution in [-0.4, -0.2) is 5.71 Å². The van der Waals surface area contributed by atoms with Gasteiger partial charge in [-0.1, -0.05) is 6.92 Å². The van der Waals surface area contributed by atoms with E-state index in [1.54, 1.807) is 0 Å². The lowest BCUT2D eigenvalue weighted by Gasteiger charge is -2.34. The highest BCUT2D eigenvalue weighted by Gasteiger charge is 2.38. The Morgan fingerprint density at radius 3 is 1.92 bits per heavy atom. The zero-order valence-electron chi connectivity index (χ0n) is 20.8. The van der Waals surface area contributed by atoms with Gasteiger partial charge >= 0.3 is 0 Å². The van der Waals surface area contributed by atoms with E-state index >= 15 is 8.78 Å². The summed E-state index contributed by atoms with van der Waals surface area (Å²) in [5.41, 5.74) is -6.48. The van der Waals surface area contributed by atoms with Crippen molar-refractivity contribution in [1.29, 1.82) is 5.41 Å². The van der Waals surface area contributed by atoms with Gasteiger partial charge in [0.25, 0.3) is 0 Å². The van der Waals surface area contributed by atoms with Crippen molar-refractivity contribution in [2.45, 2.75) is 46.2 Å². The van der Waals surface area contributed by atoms with E-state index < -0.39 is 109 Å². The Balaban J connectivity index is 1.91. The van der Waals surface area contributed by atoms with Crippen LogP contribution in [0.2, 0.25) is 0 Å². The lowest BCUT2D eigenvalue weighted by atomic mass is 9.70. The van der Waals surface area contributed by atoms with Gasteiger partial charge in [-0.25, -0.2) is 43.9 Å². The first kappa shape index (κ1) is 28.4. The average Bonchev–Trinajstić information content (AvgIpc) is 2.86. The summed E-state index contributed by atoms with van der Waals surface area (Å²) in [6, 6.07) is 0.445. The van der Waals surface area contributed by atoms with Gasteiger partial charge in [0.05, 0.1) is 11.3 Å². The van der Waals surface area contributed by atoms with E-state index in [2.05, 4.69) is 0 Å². The lowest BCUT2D eigenvalue weighted by molar-refractivity contribution is 0.351. The maximum atomic E-state index is 15.4. The Morgan fingerprint density at radius 1 is 0.821 bits per heavy atom. The molecule has 0 heterocycles. The number of alkyl halides is 1. The van der Waals surface area contributed by atoms with Gasteiger partial charge < -0.3 is 5.41 Å². The van der Waals surface area contributed by atoms with E-state index in [0.717, 1.165) is 26.8 Å². The molecule has 206 valence electrons. The molecular weight excluding hydrogens is 540 g/mol. The average molecular weight is 559 g/mol. The van der Waals surface area contributed by atoms with Crippen molar-refractivity contribution < 1.29 is 43.9 Å². The van der Waals surface area contributed by atoms with Crippen LogP contribution in [0.25, 0.3) is 16.7 Å². The Bertz CT molecular complexity index is 1570. The van der Waals surface area contributed by atoms with Crippen molar-refractivity contribution in [3.05, 3.63) is 97.9 Å². The molecule has 2 unspecified atom stereocenters. The molecule has 3 aromatic carbocycles. The predicted molar refractivity (Wildman–Crippen MR) is 125 cm³/mol. The number of fused-ring (bicyclic) bond motifs is 1. The molecule has 3 aromatic rings. The van der Waals surface area contributed by atoms with Gasteiger partial charge in [0.1, 0.15) is 12.0 Å². The van der Waals surface area contributed by atoms with Crippen molar-refractivity contribution in [1.82, 2.24) is 0 Å². The summed E-state index contributed by atoms with van der Waals surface area (Å²) in [5.74, 6) is -16.9. The molecule has 0 saturated carbocycles. The van der Waals surface area contributed by atoms with Crippen molar-refractivity contribution in [2.75, 3.05) is 0 Å². The van der Waals surface area contributed by atoms with Gasteiger partial charge in [-0.3, -0.25) is 0 Å². The molecule has 4 rings (SSSR count). The van der Waals surface area contributed by atoms with E-state index in [1.807, 2.05) is 0 Å². The summed E-state index contributed by atoms with van der Waals surface area (Å²) < 4.78 is 144. The summed E-state index contributed by atoms with van der Waals surface area (Å²) in [4.78, 5) is 0. The molecule has 0 bridgehead atoms. The van der Waals surface area contributed by atoms with E-state index in [4.69, 9.17) is 5.41 Å². The zero-order valence-corrected chi connectivity index (χ0v) is 20.8. The third-order valence-corrected chi connectivity index (χ3v) is 6.92. The molecule has 0 amide bonds. The molecule has 0 saturated heterocycles. The Labute approximate surface area is 216 Å². The summed E-state index contributed by atoms with van der Waals surface area (Å²) in [6.45, 7) is 4.32. The number of allylic oxidation sites excluding steroid dienone is 2. The second kappa shape index (κ2) is 9.84. The van der Waals surface area contributed by atoms with Crippen LogP contribution in [0, 0.1) is 64.7 Å². The fourth-order valence-electron chi connectivity index (χ4n) is 4.98. The number of hydrogen-bond donors (Lipinski definition) is 1. The highest BCUT2D eigenvalue weighted by molar-refractivity contribution is 6.12. The second-order valence-corrected chi connectivity index (χ2v) is 9.44. The second-order valence-electron chi connectivity index (χ2n) is 9.44. The highest BCUT2D eigenvalue weighted by Crippen LogP contribution is 2.48. The minimum Gasteiger partial charge on any atom is -0.300 e. The number of halogens is 10. The molecule has 0 aromatic heterocycles. The molecule has 1 N–H and O–H groups in total. The largest absolute Gasteiger partial charge is 0.300 e. The van der Waals surface area contributed by atoms with Gasteiger partial charge in [-0.05, 0) is 67.5 Å². The van der Waals surface area contributed by atoms with Crippen LogP contribution in [0.1, 0.15) is 66.2 Å². The first-order valence-corrected chi connectivity index (χ1v) is 11.6. The topological polar surface area (TPSA) is 23.9 Å². The quantitative estimate of drug-likeness (QED) is 0.140. The summed E-state index contributed by atoms with van der Waals surface area (Å²) >= 11 is 0. The van der Waals surface area contributed by atoms with E-state index in [0.29, 0.717) is 6.07 Å². The smallest absolute Gasteiger partial charge is 0.198 e. The Morgan fingerprint density at radius 2 is 1.36 bits per heavy atom. The van der Waals surface area contributed by atoms with Gasteiger partial charge in [0.2, 0.25) is 0 Å². The SMILES string of the molecule is C/C(=C\C(=N)c1c(F)c(F)c(-c2c(C)c(F)c(F)c(F)c2F)c2c1CC2C)c1c(F)cc(C(C)F)c(F)c1F. The van der Waals surface area contributed by atoms with E-state index in [9.17, 15) is 35.1 Å². The van der Waals surface area contributed by atoms with Crippen LogP contribution >= 0.6 is 0 Å². The Hall–Kier alpha value is -3.63. The highest BCUT2D eigenvalue weighted by atomic mass is 19.2. The fourth-order valence-corrected chi connectivity index (χ4v) is 4.98. The van der Waals surface area contributed by atoms with Crippen LogP contribution in [0.3, 0.4) is 0 Å². The summed E-state index contributed by atoms with van der Waals surface area (Å²) in [7, 11) is 0. The number of hydrogen-bond acceptors (Lipinski definition) is 1. The Kier molecular flexibility index (Phi) is 7.16. The minimum atomic E-state index is -2.21. The minimum absolute atomic E-state index is 0.0113. The number of nitrogens with one attached hydrogen (secondary N) is 1. The number of benzene rings is 3. The van der Waals surface area contributed by atoms with E-state index in [-0.39, 0.29) is 17.5 Å². The van der Waals surface area contributed by atoms with Crippen LogP contribution in [0.15, 0.2) is 12.1 Å². The standard InChI is InChI=1S/C28H19F10N/c1-8-5-13-16(8)20(18-10(3)21(31)27(37)28(38)24(18)34)26(36)25(35)19(13)15(39)6-9(2)17-14(30)7-12(11(4)29)22(32)23(17)33/h6-8,11,39H,5H2,1-4H3/b9-6+,39-15?. The monoisotopic (exact) mass is 559 g/mol. The van der Waals surface area contributed by atoms with Crippen LogP contribution in [-0.2, 0) is 6.42 Å². The molecule has 1 nitrogen and oxygen atoms in total. The van der Waals surface area contributed by atoms with Crippen molar-refractivity contribution >= 4 is 11.3 Å². The van der Waals surface area contributed by atoms with Crippen molar-refractivity contribution in [2.24, 2.45) is 0 Å². The van der Waals surface area contributed by atoms with E-state index in [1.165, 1.54) is 6.92 Å². The molecule has 2 atom stereocenters. The fraction of sp³-hybridized carbons (Fsp3) is 0.250. The van der Waals surface area contributed by atoms with Gasteiger partial charge in [0, 0.05) is 22.3 Å². The molecule has 0 fully saturated rings. The first-order chi connectivity index (χ1) is 18.1. The summed E-state index contributed by atoms with van der Waals surface area (Å²) in [6.07, 6.45) is -1.28. The molecule has 0 spiro atoms. The van der Waals surface area contributed by atoms with Gasteiger partial charge in [0.15, 0.2) is 46.5 Å². The maximum Gasteiger partial charge on any atom is 0.198 e. The third kappa shape index (κ3) is 4.22. The molecule has 1 aliphatic rings. The predicted octanol–water partition coefficient (Wildman–Crippen LogP) is 9.08. The van der Waals surface area contributed by atoms with Crippen molar-refractivity contribution in [3.63, 3.8) is 0 Å². The van der Waals surface area contributed by atoms with Gasteiger partial charge in [-0.15, -0.1) is 0 Å². The molecule has 1 aliphatic carbocycles. The van der Waals surface area contributed by atoms with Crippen LogP contribution in [0.5, 0.6) is 0 Å². The zero-order chi connectivity index (χ0) is 29.2. The maximum absolute atomic E-state index is 15.4. The van der Waals surface area contributed by atoms with Gasteiger partial charge in [-0.2, -0.15) is 0 Å². The van der Waals surface area contributed by atoms with Crippen LogP contribution in [0.4, 0.5) is 43.9 Å². The molecule has 11 heteroatoms. The molecule has 39 heavy (non-hydrogen) atoms. The van der Waals surface area contributed by atoms with Crippen LogP contribution < -0.4 is 0 Å². The molecular formula is C28H19F10N. The third-order valence-electron chi connectivity index (χ3n) is 6.92. The molecule has 0 aliphatic heterocycles. The lowest BCUT2D eigenvalue weighted by Crippen LogP contribution is -2.24.